The maximum Gasteiger partial charge on any atom is 0.303 e. The minimum atomic E-state index is -0.874. The molecule has 0 saturated carbocycles. The van der Waals surface area contributed by atoms with Gasteiger partial charge in [-0.05, 0) is 19.3 Å². The maximum atomic E-state index is 12.0. The molecule has 146 valence electrons. The lowest BCUT2D eigenvalue weighted by molar-refractivity contribution is -0.139. The summed E-state index contributed by atoms with van der Waals surface area (Å²) in [4.78, 5) is 34.6. The normalized spacial score (nSPS) is 11.9. The number of rotatable bonds is 17. The Labute approximate surface area is 153 Å². The third-order valence-electron chi connectivity index (χ3n) is 4.46. The van der Waals surface area contributed by atoms with Crippen molar-refractivity contribution < 1.29 is 19.5 Å². The lowest BCUT2D eigenvalue weighted by Gasteiger charge is -2.17. The summed E-state index contributed by atoms with van der Waals surface area (Å²) >= 11 is 0. The number of ketones is 1. The average Bonchev–Trinajstić information content (AvgIpc) is 2.59. The summed E-state index contributed by atoms with van der Waals surface area (Å²) in [7, 11) is 0. The van der Waals surface area contributed by atoms with Crippen LogP contribution in [0, 0.1) is 0 Å². The predicted molar refractivity (Wildman–Crippen MR) is 101 cm³/mol. The van der Waals surface area contributed by atoms with E-state index in [1.165, 1.54) is 32.1 Å². The molecular weight excluding hydrogens is 318 g/mol. The van der Waals surface area contributed by atoms with Gasteiger partial charge in [0.25, 0.3) is 5.91 Å². The van der Waals surface area contributed by atoms with Crippen molar-refractivity contribution >= 4 is 17.7 Å². The molecule has 5 nitrogen and oxygen atoms in total. The molecule has 0 aliphatic rings. The first-order valence-electron chi connectivity index (χ1n) is 10.1. The Morgan fingerprint density at radius 1 is 0.760 bits per heavy atom. The molecule has 0 fully saturated rings. The number of carboxylic acid groups (broad SMARTS) is 1. The van der Waals surface area contributed by atoms with Gasteiger partial charge in [0.05, 0.1) is 0 Å². The standard InChI is InChI=1S/C20H37NO4/c1-3-5-7-8-9-10-11-12-14-18(22)20(25)21-17(13-6-4-2)15-16-19(23)24/h17H,3-16H2,1-2H3,(H,21,25)(H,23,24)/t17-/m0/s1. The SMILES string of the molecule is CCCCCCCCCCC(=O)C(=O)N[C@@H](CCCC)CCC(=O)O. The van der Waals surface area contributed by atoms with Gasteiger partial charge in [-0.3, -0.25) is 14.4 Å². The molecule has 0 bridgehead atoms. The van der Waals surface area contributed by atoms with Crippen molar-refractivity contribution in [1.29, 1.82) is 0 Å². The summed E-state index contributed by atoms with van der Waals surface area (Å²) in [5, 5.41) is 11.5. The smallest absolute Gasteiger partial charge is 0.303 e. The summed E-state index contributed by atoms with van der Waals surface area (Å²) in [6.45, 7) is 4.24. The Morgan fingerprint density at radius 3 is 1.88 bits per heavy atom. The molecular formula is C20H37NO4. The Balaban J connectivity index is 3.95. The van der Waals surface area contributed by atoms with Crippen molar-refractivity contribution in [2.24, 2.45) is 0 Å². The Hall–Kier alpha value is -1.39. The monoisotopic (exact) mass is 355 g/mol. The number of carbonyl (C=O) groups excluding carboxylic acids is 2. The fourth-order valence-electron chi connectivity index (χ4n) is 2.84. The Kier molecular flexibility index (Phi) is 15.2. The molecule has 0 aliphatic heterocycles. The van der Waals surface area contributed by atoms with E-state index >= 15 is 0 Å². The molecule has 1 atom stereocenters. The van der Waals surface area contributed by atoms with Gasteiger partial charge in [0, 0.05) is 18.9 Å². The van der Waals surface area contributed by atoms with E-state index in [0.717, 1.165) is 38.5 Å². The highest BCUT2D eigenvalue weighted by molar-refractivity contribution is 6.36. The van der Waals surface area contributed by atoms with Gasteiger partial charge in [0.2, 0.25) is 5.78 Å². The van der Waals surface area contributed by atoms with Gasteiger partial charge < -0.3 is 10.4 Å². The van der Waals surface area contributed by atoms with Gasteiger partial charge in [-0.15, -0.1) is 0 Å². The summed E-state index contributed by atoms with van der Waals surface area (Å²) in [6, 6.07) is -0.217. The lowest BCUT2D eigenvalue weighted by atomic mass is 10.0. The van der Waals surface area contributed by atoms with Crippen LogP contribution in [-0.2, 0) is 14.4 Å². The van der Waals surface area contributed by atoms with Crippen LogP contribution < -0.4 is 5.32 Å². The second kappa shape index (κ2) is 16.1. The number of Topliss-reactive ketones (excluding diaryl/α,β-unsaturated/α-hetero) is 1. The van der Waals surface area contributed by atoms with E-state index in [-0.39, 0.29) is 18.2 Å². The van der Waals surface area contributed by atoms with Gasteiger partial charge >= 0.3 is 5.97 Å². The van der Waals surface area contributed by atoms with E-state index in [2.05, 4.69) is 12.2 Å². The largest absolute Gasteiger partial charge is 0.481 e. The first-order valence-corrected chi connectivity index (χ1v) is 10.1. The van der Waals surface area contributed by atoms with Crippen LogP contribution in [0.15, 0.2) is 0 Å². The molecule has 25 heavy (non-hydrogen) atoms. The van der Waals surface area contributed by atoms with Crippen LogP contribution in [0.1, 0.15) is 104 Å². The number of hydrogen-bond donors (Lipinski definition) is 2. The lowest BCUT2D eigenvalue weighted by Crippen LogP contribution is -2.39. The van der Waals surface area contributed by atoms with Gasteiger partial charge in [-0.1, -0.05) is 71.6 Å². The van der Waals surface area contributed by atoms with E-state index < -0.39 is 11.9 Å². The number of carboxylic acids is 1. The third-order valence-corrected chi connectivity index (χ3v) is 4.46. The van der Waals surface area contributed by atoms with Crippen LogP contribution in [0.25, 0.3) is 0 Å². The molecule has 0 saturated heterocycles. The number of hydrogen-bond acceptors (Lipinski definition) is 3. The van der Waals surface area contributed by atoms with Crippen molar-refractivity contribution in [1.82, 2.24) is 5.32 Å². The minimum Gasteiger partial charge on any atom is -0.481 e. The van der Waals surface area contributed by atoms with Crippen LogP contribution >= 0.6 is 0 Å². The van der Waals surface area contributed by atoms with E-state index in [4.69, 9.17) is 5.11 Å². The average molecular weight is 356 g/mol. The van der Waals surface area contributed by atoms with Crippen molar-refractivity contribution in [2.75, 3.05) is 0 Å². The molecule has 1 amide bonds. The Bertz CT molecular complexity index is 382. The fraction of sp³-hybridized carbons (Fsp3) is 0.850. The van der Waals surface area contributed by atoms with Gasteiger partial charge in [-0.2, -0.15) is 0 Å². The molecule has 0 aromatic carbocycles. The summed E-state index contributed by atoms with van der Waals surface area (Å²) in [5.74, 6) is -1.79. The molecule has 2 N–H and O–H groups in total. The highest BCUT2D eigenvalue weighted by atomic mass is 16.4. The van der Waals surface area contributed by atoms with Gasteiger partial charge in [0.15, 0.2) is 0 Å². The Morgan fingerprint density at radius 2 is 1.32 bits per heavy atom. The number of carbonyl (C=O) groups is 3. The quantitative estimate of drug-likeness (QED) is 0.294. The summed E-state index contributed by atoms with van der Waals surface area (Å²) in [5.41, 5.74) is 0. The van der Waals surface area contributed by atoms with Crippen LogP contribution in [0.4, 0.5) is 0 Å². The van der Waals surface area contributed by atoms with Crippen LogP contribution in [0.3, 0.4) is 0 Å². The minimum absolute atomic E-state index is 0.0148. The molecule has 0 radical (unpaired) electrons. The maximum absolute atomic E-state index is 12.0. The molecule has 5 heteroatoms. The summed E-state index contributed by atoms with van der Waals surface area (Å²) < 4.78 is 0. The molecule has 0 rings (SSSR count). The zero-order valence-corrected chi connectivity index (χ0v) is 16.1. The zero-order valence-electron chi connectivity index (χ0n) is 16.1. The molecule has 0 aromatic rings. The van der Waals surface area contributed by atoms with Crippen LogP contribution in [0.2, 0.25) is 0 Å². The van der Waals surface area contributed by atoms with Crippen LogP contribution in [0.5, 0.6) is 0 Å². The highest BCUT2D eigenvalue weighted by Gasteiger charge is 2.18. The molecule has 0 heterocycles. The number of amides is 1. The van der Waals surface area contributed by atoms with E-state index in [9.17, 15) is 14.4 Å². The van der Waals surface area contributed by atoms with Crippen molar-refractivity contribution in [3.8, 4) is 0 Å². The zero-order chi connectivity index (χ0) is 18.9. The second-order valence-electron chi connectivity index (χ2n) is 6.89. The van der Waals surface area contributed by atoms with E-state index in [1.54, 1.807) is 0 Å². The van der Waals surface area contributed by atoms with E-state index in [0.29, 0.717) is 12.8 Å². The number of nitrogens with one attached hydrogen (secondary N) is 1. The first-order chi connectivity index (χ1) is 12.0. The topological polar surface area (TPSA) is 83.5 Å². The predicted octanol–water partition coefficient (Wildman–Crippen LogP) is 4.63. The molecule has 0 aliphatic carbocycles. The first kappa shape index (κ1) is 23.6. The van der Waals surface area contributed by atoms with Crippen molar-refractivity contribution in [3.05, 3.63) is 0 Å². The highest BCUT2D eigenvalue weighted by Crippen LogP contribution is 2.11. The van der Waals surface area contributed by atoms with E-state index in [1.807, 2.05) is 6.92 Å². The van der Waals surface area contributed by atoms with Gasteiger partial charge in [0.1, 0.15) is 0 Å². The van der Waals surface area contributed by atoms with Crippen molar-refractivity contribution in [2.45, 2.75) is 110 Å². The number of aliphatic carboxylic acids is 1. The van der Waals surface area contributed by atoms with Crippen LogP contribution in [-0.4, -0.2) is 28.8 Å². The summed E-state index contributed by atoms with van der Waals surface area (Å²) in [6.07, 6.45) is 12.5. The van der Waals surface area contributed by atoms with Crippen molar-refractivity contribution in [3.63, 3.8) is 0 Å². The second-order valence-corrected chi connectivity index (χ2v) is 6.89. The molecule has 0 spiro atoms. The van der Waals surface area contributed by atoms with Gasteiger partial charge in [-0.25, -0.2) is 0 Å². The third kappa shape index (κ3) is 14.6. The number of unbranched alkanes of at least 4 members (excludes halogenated alkanes) is 8. The fourth-order valence-corrected chi connectivity index (χ4v) is 2.84. The molecule has 0 aromatic heterocycles. The molecule has 0 unspecified atom stereocenters.